The molecule has 1 fully saturated rings. The Kier molecular flexibility index (Phi) is 4.91. The zero-order valence-corrected chi connectivity index (χ0v) is 11.2. The Morgan fingerprint density at radius 2 is 1.83 bits per heavy atom. The predicted octanol–water partition coefficient (Wildman–Crippen LogP) is 2.23. The second-order valence-electron chi connectivity index (χ2n) is 4.91. The molecular formula is C15H23NO2. The summed E-state index contributed by atoms with van der Waals surface area (Å²) in [6.45, 7) is 4.75. The van der Waals surface area contributed by atoms with Gasteiger partial charge in [-0.2, -0.15) is 0 Å². The van der Waals surface area contributed by atoms with Gasteiger partial charge in [0.05, 0.1) is 0 Å². The van der Waals surface area contributed by atoms with Gasteiger partial charge in [-0.1, -0.05) is 44.2 Å². The molecule has 1 aliphatic carbocycles. The number of hydrogen-bond acceptors (Lipinski definition) is 2. The molecule has 2 atom stereocenters. The van der Waals surface area contributed by atoms with Crippen LogP contribution in [0.2, 0.25) is 0 Å². The standard InChI is InChI=1S/C14H20O.CH3NO/c1-3-13(11-15)10-14(13,4-2)12-8-6-5-7-9-12;2-1-3/h5-9,15H,3-4,10-11H2,1-2H3;1H,(H2,2,3). The topological polar surface area (TPSA) is 63.3 Å². The molecule has 1 saturated carbocycles. The SMILES string of the molecule is CCC1(CO)CC1(CC)c1ccccc1.NC=O. The van der Waals surface area contributed by atoms with Crippen LogP contribution in [0.15, 0.2) is 30.3 Å². The van der Waals surface area contributed by atoms with Crippen molar-refractivity contribution in [2.24, 2.45) is 11.1 Å². The Balaban J connectivity index is 0.000000492. The molecule has 1 aromatic rings. The molecule has 0 saturated heterocycles. The molecule has 0 spiro atoms. The number of carbonyl (C=O) groups is 1. The second kappa shape index (κ2) is 6.01. The molecule has 0 heterocycles. The highest BCUT2D eigenvalue weighted by Gasteiger charge is 2.64. The lowest BCUT2D eigenvalue weighted by Gasteiger charge is -2.22. The van der Waals surface area contributed by atoms with Gasteiger partial charge in [-0.05, 0) is 24.8 Å². The molecule has 3 nitrogen and oxygen atoms in total. The number of aliphatic hydroxyl groups is 1. The maximum atomic E-state index is 9.58. The summed E-state index contributed by atoms with van der Waals surface area (Å²) in [5.74, 6) is 0. The van der Waals surface area contributed by atoms with Crippen molar-refractivity contribution in [2.45, 2.75) is 38.5 Å². The van der Waals surface area contributed by atoms with E-state index in [9.17, 15) is 5.11 Å². The molecule has 2 unspecified atom stereocenters. The number of carbonyl (C=O) groups excluding carboxylic acids is 1. The maximum absolute atomic E-state index is 9.58. The van der Waals surface area contributed by atoms with Gasteiger partial charge in [0.1, 0.15) is 0 Å². The van der Waals surface area contributed by atoms with Gasteiger partial charge in [0.15, 0.2) is 0 Å². The third-order valence-corrected chi connectivity index (χ3v) is 4.44. The Morgan fingerprint density at radius 1 is 1.28 bits per heavy atom. The zero-order valence-electron chi connectivity index (χ0n) is 11.2. The van der Waals surface area contributed by atoms with Crippen LogP contribution < -0.4 is 5.73 Å². The highest BCUT2D eigenvalue weighted by Crippen LogP contribution is 2.68. The normalized spacial score (nSPS) is 29.1. The summed E-state index contributed by atoms with van der Waals surface area (Å²) in [5.41, 5.74) is 5.98. The highest BCUT2D eigenvalue weighted by atomic mass is 16.3. The second-order valence-corrected chi connectivity index (χ2v) is 4.91. The first-order valence-electron chi connectivity index (χ1n) is 6.48. The summed E-state index contributed by atoms with van der Waals surface area (Å²) in [5, 5.41) is 9.58. The molecule has 0 radical (unpaired) electrons. The van der Waals surface area contributed by atoms with Gasteiger partial charge in [-0.3, -0.25) is 4.79 Å². The molecule has 1 aromatic carbocycles. The van der Waals surface area contributed by atoms with Crippen molar-refractivity contribution >= 4 is 6.41 Å². The van der Waals surface area contributed by atoms with Crippen LogP contribution in [-0.4, -0.2) is 18.1 Å². The Hall–Kier alpha value is -1.35. The third kappa shape index (κ3) is 2.27. The van der Waals surface area contributed by atoms with E-state index in [4.69, 9.17) is 4.79 Å². The number of hydrogen-bond donors (Lipinski definition) is 2. The largest absolute Gasteiger partial charge is 0.396 e. The van der Waals surface area contributed by atoms with Crippen LogP contribution in [0.25, 0.3) is 0 Å². The maximum Gasteiger partial charge on any atom is 0.204 e. The number of primary amides is 1. The van der Waals surface area contributed by atoms with Crippen molar-refractivity contribution < 1.29 is 9.90 Å². The monoisotopic (exact) mass is 249 g/mol. The van der Waals surface area contributed by atoms with Crippen molar-refractivity contribution in [2.75, 3.05) is 6.61 Å². The molecule has 1 amide bonds. The average molecular weight is 249 g/mol. The van der Waals surface area contributed by atoms with E-state index >= 15 is 0 Å². The van der Waals surface area contributed by atoms with E-state index in [-0.39, 0.29) is 17.2 Å². The minimum atomic E-state index is 0.156. The molecule has 18 heavy (non-hydrogen) atoms. The van der Waals surface area contributed by atoms with Crippen LogP contribution >= 0.6 is 0 Å². The Morgan fingerprint density at radius 3 is 2.17 bits per heavy atom. The number of aliphatic hydroxyl groups excluding tert-OH is 1. The van der Waals surface area contributed by atoms with E-state index in [0.29, 0.717) is 6.61 Å². The summed E-state index contributed by atoms with van der Waals surface area (Å²) >= 11 is 0. The lowest BCUT2D eigenvalue weighted by atomic mass is 9.83. The van der Waals surface area contributed by atoms with Gasteiger partial charge < -0.3 is 10.8 Å². The quantitative estimate of drug-likeness (QED) is 0.804. The minimum absolute atomic E-state index is 0.156. The first-order valence-corrected chi connectivity index (χ1v) is 6.48. The van der Waals surface area contributed by atoms with Crippen LogP contribution in [-0.2, 0) is 10.2 Å². The predicted molar refractivity (Wildman–Crippen MR) is 73.1 cm³/mol. The Labute approximate surface area is 109 Å². The van der Waals surface area contributed by atoms with E-state index in [1.165, 1.54) is 5.56 Å². The third-order valence-electron chi connectivity index (χ3n) is 4.44. The summed E-state index contributed by atoms with van der Waals surface area (Å²) in [7, 11) is 0. The minimum Gasteiger partial charge on any atom is -0.396 e. The molecule has 3 N–H and O–H groups in total. The number of amides is 1. The van der Waals surface area contributed by atoms with E-state index in [1.54, 1.807) is 0 Å². The van der Waals surface area contributed by atoms with Gasteiger partial charge in [0.25, 0.3) is 0 Å². The van der Waals surface area contributed by atoms with Crippen molar-refractivity contribution in [1.82, 2.24) is 0 Å². The van der Waals surface area contributed by atoms with Crippen molar-refractivity contribution in [1.29, 1.82) is 0 Å². The lowest BCUT2D eigenvalue weighted by Crippen LogP contribution is -2.20. The van der Waals surface area contributed by atoms with Gasteiger partial charge in [0, 0.05) is 17.4 Å². The van der Waals surface area contributed by atoms with Crippen molar-refractivity contribution in [3.63, 3.8) is 0 Å². The van der Waals surface area contributed by atoms with E-state index < -0.39 is 0 Å². The van der Waals surface area contributed by atoms with Crippen LogP contribution in [0, 0.1) is 5.41 Å². The molecular weight excluding hydrogens is 226 g/mol. The van der Waals surface area contributed by atoms with Gasteiger partial charge >= 0.3 is 0 Å². The highest BCUT2D eigenvalue weighted by molar-refractivity contribution is 5.42. The fourth-order valence-corrected chi connectivity index (χ4v) is 3.19. The van der Waals surface area contributed by atoms with Gasteiger partial charge in [0.2, 0.25) is 6.41 Å². The average Bonchev–Trinajstić information content (AvgIpc) is 3.11. The molecule has 100 valence electrons. The first-order chi connectivity index (χ1) is 8.66. The van der Waals surface area contributed by atoms with Crippen LogP contribution in [0.1, 0.15) is 38.7 Å². The number of nitrogens with two attached hydrogens (primary N) is 1. The lowest BCUT2D eigenvalue weighted by molar-refractivity contribution is -0.106. The molecule has 2 rings (SSSR count). The molecule has 0 aliphatic heterocycles. The number of benzene rings is 1. The fraction of sp³-hybridized carbons (Fsp3) is 0.533. The van der Waals surface area contributed by atoms with E-state index in [0.717, 1.165) is 19.3 Å². The number of rotatable bonds is 4. The van der Waals surface area contributed by atoms with Crippen molar-refractivity contribution in [3.8, 4) is 0 Å². The van der Waals surface area contributed by atoms with Crippen LogP contribution in [0.4, 0.5) is 0 Å². The van der Waals surface area contributed by atoms with Crippen LogP contribution in [0.5, 0.6) is 0 Å². The summed E-state index contributed by atoms with van der Waals surface area (Å²) < 4.78 is 0. The molecule has 3 heteroatoms. The Bertz CT molecular complexity index is 373. The smallest absolute Gasteiger partial charge is 0.204 e. The van der Waals surface area contributed by atoms with Crippen molar-refractivity contribution in [3.05, 3.63) is 35.9 Å². The summed E-state index contributed by atoms with van der Waals surface area (Å²) in [6.07, 6.45) is 3.60. The van der Waals surface area contributed by atoms with E-state index in [2.05, 4.69) is 49.9 Å². The van der Waals surface area contributed by atoms with Gasteiger partial charge in [-0.25, -0.2) is 0 Å². The fourth-order valence-electron chi connectivity index (χ4n) is 3.19. The summed E-state index contributed by atoms with van der Waals surface area (Å²) in [4.78, 5) is 8.58. The summed E-state index contributed by atoms with van der Waals surface area (Å²) in [6, 6.07) is 10.7. The van der Waals surface area contributed by atoms with E-state index in [1.807, 2.05) is 0 Å². The van der Waals surface area contributed by atoms with Gasteiger partial charge in [-0.15, -0.1) is 0 Å². The van der Waals surface area contributed by atoms with Crippen LogP contribution in [0.3, 0.4) is 0 Å². The molecule has 0 bridgehead atoms. The molecule has 0 aromatic heterocycles. The first kappa shape index (κ1) is 14.7. The molecule has 1 aliphatic rings. The zero-order chi connectivity index (χ0) is 13.6.